The summed E-state index contributed by atoms with van der Waals surface area (Å²) in [7, 11) is -3.04. The van der Waals surface area contributed by atoms with E-state index in [0.717, 1.165) is 44.9 Å². The van der Waals surface area contributed by atoms with E-state index in [-0.39, 0.29) is 36.0 Å². The van der Waals surface area contributed by atoms with Crippen molar-refractivity contribution in [3.05, 3.63) is 0 Å². The van der Waals surface area contributed by atoms with Gasteiger partial charge in [-0.25, -0.2) is 13.1 Å². The molecule has 0 aromatic carbocycles. The van der Waals surface area contributed by atoms with Gasteiger partial charge in [-0.3, -0.25) is 0 Å². The zero-order valence-corrected chi connectivity index (χ0v) is 14.9. The van der Waals surface area contributed by atoms with Crippen LogP contribution in [0.25, 0.3) is 0 Å². The number of carbonyl (C=O) groups excluding carboxylic acids is 1. The molecule has 0 saturated heterocycles. The van der Waals surface area contributed by atoms with Gasteiger partial charge in [0.25, 0.3) is 0 Å². The number of carboxylic acids is 1. The molecule has 0 atom stereocenters. The van der Waals surface area contributed by atoms with Crippen molar-refractivity contribution in [2.45, 2.75) is 57.8 Å². The third-order valence-electron chi connectivity index (χ3n) is 2.67. The Hall–Kier alpha value is 0.380. The number of carboxylic acid groups (broad SMARTS) is 1. The number of unbranched alkanes of at least 4 members (excludes halogenated alkanes) is 7. The molecule has 0 aliphatic heterocycles. The Morgan fingerprint density at radius 2 is 1.37 bits per heavy atom. The molecule has 19 heavy (non-hydrogen) atoms. The van der Waals surface area contributed by atoms with Crippen molar-refractivity contribution >= 4 is 16.0 Å². The molecule has 0 spiro atoms. The van der Waals surface area contributed by atoms with Crippen molar-refractivity contribution in [1.29, 1.82) is 0 Å². The van der Waals surface area contributed by atoms with Gasteiger partial charge in [0, 0.05) is 12.5 Å². The third-order valence-corrected chi connectivity index (χ3v) is 3.40. The van der Waals surface area contributed by atoms with Crippen LogP contribution in [0.15, 0.2) is 0 Å². The predicted octanol–water partition coefficient (Wildman–Crippen LogP) is -2.20. The van der Waals surface area contributed by atoms with Crippen molar-refractivity contribution in [3.8, 4) is 0 Å². The molecular formula is C12H24NNaO4S. The molecule has 0 saturated carbocycles. The zero-order valence-electron chi connectivity index (χ0n) is 12.1. The normalized spacial score (nSPS) is 11.0. The maximum Gasteiger partial charge on any atom is 1.00 e. The van der Waals surface area contributed by atoms with Crippen LogP contribution in [0.4, 0.5) is 0 Å². The first-order valence-corrected chi connectivity index (χ1v) is 8.45. The van der Waals surface area contributed by atoms with E-state index in [9.17, 15) is 18.3 Å². The van der Waals surface area contributed by atoms with Gasteiger partial charge < -0.3 is 9.90 Å². The number of sulfonamides is 1. The average Bonchev–Trinajstić information content (AvgIpc) is 2.24. The molecule has 0 heterocycles. The summed E-state index contributed by atoms with van der Waals surface area (Å²) in [5, 5.41) is 10.1. The van der Waals surface area contributed by atoms with Gasteiger partial charge in [-0.05, 0) is 19.3 Å². The van der Waals surface area contributed by atoms with E-state index in [0.29, 0.717) is 13.0 Å². The summed E-state index contributed by atoms with van der Waals surface area (Å²) < 4.78 is 24.0. The van der Waals surface area contributed by atoms with Gasteiger partial charge in [0.15, 0.2) is 0 Å². The average molecular weight is 301 g/mol. The number of carbonyl (C=O) groups is 1. The first-order valence-electron chi connectivity index (χ1n) is 6.56. The molecule has 108 valence electrons. The fraction of sp³-hybridized carbons (Fsp3) is 0.917. The molecule has 0 aromatic rings. The number of aliphatic carboxylic acids is 1. The van der Waals surface area contributed by atoms with Crippen molar-refractivity contribution in [2.75, 3.05) is 12.8 Å². The largest absolute Gasteiger partial charge is 1.00 e. The molecule has 0 unspecified atom stereocenters. The topological polar surface area (TPSA) is 86.3 Å². The van der Waals surface area contributed by atoms with Gasteiger partial charge in [0.2, 0.25) is 10.0 Å². The Morgan fingerprint density at radius 1 is 0.947 bits per heavy atom. The molecule has 1 N–H and O–H groups in total. The van der Waals surface area contributed by atoms with Crippen LogP contribution in [0.2, 0.25) is 0 Å². The van der Waals surface area contributed by atoms with Crippen LogP contribution in [0.1, 0.15) is 57.8 Å². The third kappa shape index (κ3) is 20.8. The van der Waals surface area contributed by atoms with Gasteiger partial charge in [-0.1, -0.05) is 38.5 Å². The second kappa shape index (κ2) is 13.4. The minimum Gasteiger partial charge on any atom is -0.550 e. The van der Waals surface area contributed by atoms with Gasteiger partial charge in [-0.2, -0.15) is 0 Å². The quantitative estimate of drug-likeness (QED) is 0.327. The summed E-state index contributed by atoms with van der Waals surface area (Å²) >= 11 is 0. The molecule has 0 aromatic heterocycles. The monoisotopic (exact) mass is 301 g/mol. The smallest absolute Gasteiger partial charge is 0.550 e. The zero-order chi connectivity index (χ0) is 13.9. The van der Waals surface area contributed by atoms with Crippen LogP contribution in [0.5, 0.6) is 0 Å². The molecule has 5 nitrogen and oxygen atoms in total. The Kier molecular flexibility index (Phi) is 15.2. The van der Waals surface area contributed by atoms with E-state index in [2.05, 4.69) is 4.72 Å². The fourth-order valence-corrected chi connectivity index (χ4v) is 2.23. The van der Waals surface area contributed by atoms with Crippen LogP contribution < -0.4 is 39.4 Å². The Balaban J connectivity index is 0. The van der Waals surface area contributed by atoms with Crippen molar-refractivity contribution in [1.82, 2.24) is 4.72 Å². The first kappa shape index (κ1) is 21.7. The Bertz CT molecular complexity index is 320. The van der Waals surface area contributed by atoms with E-state index in [1.807, 2.05) is 0 Å². The number of nitrogens with one attached hydrogen (secondary N) is 1. The summed E-state index contributed by atoms with van der Waals surface area (Å²) in [4.78, 5) is 10.1. The SMILES string of the molecule is CS(=O)(=O)NCCCCCCCCCCC(=O)[O-].[Na+]. The number of hydrogen-bond acceptors (Lipinski definition) is 4. The van der Waals surface area contributed by atoms with Crippen molar-refractivity contribution < 1.29 is 47.9 Å². The number of rotatable bonds is 12. The molecule has 0 radical (unpaired) electrons. The van der Waals surface area contributed by atoms with Crippen molar-refractivity contribution in [2.24, 2.45) is 0 Å². The molecule has 0 amide bonds. The van der Waals surface area contributed by atoms with Crippen LogP contribution in [-0.4, -0.2) is 27.2 Å². The van der Waals surface area contributed by atoms with E-state index in [1.165, 1.54) is 6.26 Å². The summed E-state index contributed by atoms with van der Waals surface area (Å²) in [5.74, 6) is -0.964. The van der Waals surface area contributed by atoms with Crippen LogP contribution >= 0.6 is 0 Å². The van der Waals surface area contributed by atoms with Gasteiger partial charge in [0.1, 0.15) is 0 Å². The minimum atomic E-state index is -3.04. The molecular weight excluding hydrogens is 277 g/mol. The first-order chi connectivity index (χ1) is 8.42. The second-order valence-corrected chi connectivity index (χ2v) is 6.45. The van der Waals surface area contributed by atoms with E-state index >= 15 is 0 Å². The maximum atomic E-state index is 10.8. The Labute approximate surface area is 138 Å². The summed E-state index contributed by atoms with van der Waals surface area (Å²) in [5.41, 5.74) is 0. The molecule has 0 rings (SSSR count). The van der Waals surface area contributed by atoms with E-state index < -0.39 is 16.0 Å². The van der Waals surface area contributed by atoms with E-state index in [1.54, 1.807) is 0 Å². The van der Waals surface area contributed by atoms with Gasteiger partial charge in [-0.15, -0.1) is 0 Å². The molecule has 0 aliphatic carbocycles. The molecule has 0 aliphatic rings. The summed E-state index contributed by atoms with van der Waals surface area (Å²) in [6.45, 7) is 0.518. The van der Waals surface area contributed by atoms with Crippen LogP contribution in [-0.2, 0) is 14.8 Å². The second-order valence-electron chi connectivity index (χ2n) is 4.62. The fourth-order valence-electron chi connectivity index (χ4n) is 1.71. The predicted molar refractivity (Wildman–Crippen MR) is 69.4 cm³/mol. The summed E-state index contributed by atoms with van der Waals surface area (Å²) in [6.07, 6.45) is 9.30. The van der Waals surface area contributed by atoms with Gasteiger partial charge in [0.05, 0.1) is 6.26 Å². The minimum absolute atomic E-state index is 0. The van der Waals surface area contributed by atoms with Crippen LogP contribution in [0.3, 0.4) is 0 Å². The summed E-state index contributed by atoms with van der Waals surface area (Å²) in [6, 6.07) is 0. The number of hydrogen-bond donors (Lipinski definition) is 1. The molecule has 0 fully saturated rings. The standard InChI is InChI=1S/C12H25NO4S.Na/c1-18(16,17)13-11-9-7-5-3-2-4-6-8-10-12(14)15;/h13H,2-11H2,1H3,(H,14,15);/q;+1/p-1. The van der Waals surface area contributed by atoms with Gasteiger partial charge >= 0.3 is 29.6 Å². The molecule has 7 heteroatoms. The molecule has 0 bridgehead atoms. The van der Waals surface area contributed by atoms with Crippen molar-refractivity contribution in [3.63, 3.8) is 0 Å². The Morgan fingerprint density at radius 3 is 1.79 bits per heavy atom. The van der Waals surface area contributed by atoms with Crippen LogP contribution in [0, 0.1) is 0 Å². The van der Waals surface area contributed by atoms with E-state index in [4.69, 9.17) is 0 Å². The maximum absolute atomic E-state index is 10.8.